The highest BCUT2D eigenvalue weighted by atomic mass is 79.9. The summed E-state index contributed by atoms with van der Waals surface area (Å²) < 4.78 is 7.50. The van der Waals surface area contributed by atoms with Gasteiger partial charge in [-0.25, -0.2) is 0 Å². The average molecular weight is 372 g/mol. The molecular weight excluding hydrogens is 360 g/mol. The Labute approximate surface area is 123 Å². The molecule has 2 rings (SSSR count). The van der Waals surface area contributed by atoms with Gasteiger partial charge in [-0.05, 0) is 52.7 Å². The van der Waals surface area contributed by atoms with Crippen molar-refractivity contribution in [3.63, 3.8) is 0 Å². The van der Waals surface area contributed by atoms with Crippen LogP contribution in [-0.4, -0.2) is 5.11 Å². The highest BCUT2D eigenvalue weighted by Crippen LogP contribution is 2.33. The molecule has 2 nitrogen and oxygen atoms in total. The van der Waals surface area contributed by atoms with Crippen molar-refractivity contribution in [3.8, 4) is 11.5 Å². The van der Waals surface area contributed by atoms with Crippen LogP contribution in [0.4, 0.5) is 0 Å². The average Bonchev–Trinajstić information content (AvgIpc) is 2.32. The standard InChI is InChI=1S/C14H12Br2O2/c1-9(17)11-7-6-10(8-13(11)16)18-14-5-3-2-4-12(14)15/h2-9,17H,1H3/t9-/m1/s1. The summed E-state index contributed by atoms with van der Waals surface area (Å²) in [6, 6.07) is 13.2. The van der Waals surface area contributed by atoms with Crippen LogP contribution in [0.5, 0.6) is 11.5 Å². The number of aliphatic hydroxyl groups is 1. The Balaban J connectivity index is 2.26. The van der Waals surface area contributed by atoms with Crippen LogP contribution in [0.2, 0.25) is 0 Å². The molecule has 0 heterocycles. The van der Waals surface area contributed by atoms with Crippen molar-refractivity contribution in [3.05, 3.63) is 57.0 Å². The van der Waals surface area contributed by atoms with Crippen LogP contribution >= 0.6 is 31.9 Å². The number of rotatable bonds is 3. The molecule has 2 aromatic carbocycles. The molecule has 0 aromatic heterocycles. The van der Waals surface area contributed by atoms with Crippen LogP contribution in [-0.2, 0) is 0 Å². The smallest absolute Gasteiger partial charge is 0.141 e. The molecule has 94 valence electrons. The zero-order valence-electron chi connectivity index (χ0n) is 9.73. The highest BCUT2D eigenvalue weighted by Gasteiger charge is 2.08. The Morgan fingerprint density at radius 2 is 1.78 bits per heavy atom. The topological polar surface area (TPSA) is 29.5 Å². The van der Waals surface area contributed by atoms with Gasteiger partial charge in [0.05, 0.1) is 10.6 Å². The molecule has 0 aliphatic carbocycles. The fraction of sp³-hybridized carbons (Fsp3) is 0.143. The summed E-state index contributed by atoms with van der Waals surface area (Å²) in [4.78, 5) is 0. The zero-order valence-corrected chi connectivity index (χ0v) is 12.9. The Morgan fingerprint density at radius 3 is 2.39 bits per heavy atom. The second kappa shape index (κ2) is 5.87. The molecule has 0 saturated heterocycles. The van der Waals surface area contributed by atoms with Crippen molar-refractivity contribution in [1.82, 2.24) is 0 Å². The van der Waals surface area contributed by atoms with E-state index in [1.54, 1.807) is 6.92 Å². The molecule has 0 saturated carbocycles. The molecule has 0 aliphatic heterocycles. The number of halogens is 2. The maximum atomic E-state index is 9.55. The minimum Gasteiger partial charge on any atom is -0.456 e. The van der Waals surface area contributed by atoms with E-state index in [2.05, 4.69) is 31.9 Å². The van der Waals surface area contributed by atoms with Crippen molar-refractivity contribution in [1.29, 1.82) is 0 Å². The second-order valence-electron chi connectivity index (χ2n) is 3.89. The molecule has 0 fully saturated rings. The molecule has 0 unspecified atom stereocenters. The fourth-order valence-corrected chi connectivity index (χ4v) is 2.62. The third-order valence-corrected chi connectivity index (χ3v) is 3.83. The number of para-hydroxylation sites is 1. The number of benzene rings is 2. The first-order chi connectivity index (χ1) is 8.58. The molecular formula is C14H12Br2O2. The number of ether oxygens (including phenoxy) is 1. The van der Waals surface area contributed by atoms with Crippen LogP contribution in [0.25, 0.3) is 0 Å². The van der Waals surface area contributed by atoms with Crippen molar-refractivity contribution in [2.45, 2.75) is 13.0 Å². The van der Waals surface area contributed by atoms with Gasteiger partial charge in [-0.15, -0.1) is 0 Å². The SMILES string of the molecule is C[C@@H](O)c1ccc(Oc2ccccc2Br)cc1Br. The van der Waals surface area contributed by atoms with Crippen LogP contribution in [0.1, 0.15) is 18.6 Å². The number of hydrogen-bond acceptors (Lipinski definition) is 2. The lowest BCUT2D eigenvalue weighted by Crippen LogP contribution is -1.93. The molecule has 0 spiro atoms. The van der Waals surface area contributed by atoms with E-state index >= 15 is 0 Å². The van der Waals surface area contributed by atoms with E-state index in [9.17, 15) is 5.11 Å². The van der Waals surface area contributed by atoms with Gasteiger partial charge in [-0.3, -0.25) is 0 Å². The molecule has 1 atom stereocenters. The minimum absolute atomic E-state index is 0.503. The minimum atomic E-state index is -0.503. The van der Waals surface area contributed by atoms with Crippen molar-refractivity contribution < 1.29 is 9.84 Å². The molecule has 0 bridgehead atoms. The molecule has 2 aromatic rings. The van der Waals surface area contributed by atoms with E-state index in [4.69, 9.17) is 4.74 Å². The molecule has 0 radical (unpaired) electrons. The fourth-order valence-electron chi connectivity index (χ4n) is 1.56. The lowest BCUT2D eigenvalue weighted by atomic mass is 10.1. The van der Waals surface area contributed by atoms with Crippen molar-refractivity contribution in [2.24, 2.45) is 0 Å². The maximum absolute atomic E-state index is 9.55. The lowest BCUT2D eigenvalue weighted by molar-refractivity contribution is 0.198. The van der Waals surface area contributed by atoms with Gasteiger partial charge >= 0.3 is 0 Å². The Kier molecular flexibility index (Phi) is 4.43. The van der Waals surface area contributed by atoms with Crippen LogP contribution in [0, 0.1) is 0 Å². The van der Waals surface area contributed by atoms with E-state index in [1.165, 1.54) is 0 Å². The Morgan fingerprint density at radius 1 is 1.06 bits per heavy atom. The van der Waals surface area contributed by atoms with Gasteiger partial charge in [-0.1, -0.05) is 34.1 Å². The van der Waals surface area contributed by atoms with Gasteiger partial charge in [0.25, 0.3) is 0 Å². The third kappa shape index (κ3) is 3.13. The maximum Gasteiger partial charge on any atom is 0.141 e. The normalized spacial score (nSPS) is 12.2. The summed E-state index contributed by atoms with van der Waals surface area (Å²) >= 11 is 6.86. The van der Waals surface area contributed by atoms with Gasteiger partial charge in [-0.2, -0.15) is 0 Å². The van der Waals surface area contributed by atoms with E-state index in [0.717, 1.165) is 26.0 Å². The first-order valence-electron chi connectivity index (χ1n) is 5.48. The Hall–Kier alpha value is -0.840. The van der Waals surface area contributed by atoms with E-state index in [0.29, 0.717) is 0 Å². The van der Waals surface area contributed by atoms with Gasteiger partial charge in [0.1, 0.15) is 11.5 Å². The van der Waals surface area contributed by atoms with E-state index in [-0.39, 0.29) is 0 Å². The predicted molar refractivity (Wildman–Crippen MR) is 79.0 cm³/mol. The second-order valence-corrected chi connectivity index (χ2v) is 5.60. The molecule has 1 N–H and O–H groups in total. The summed E-state index contributed by atoms with van der Waals surface area (Å²) in [7, 11) is 0. The molecule has 4 heteroatoms. The zero-order chi connectivity index (χ0) is 13.1. The van der Waals surface area contributed by atoms with Gasteiger partial charge in [0, 0.05) is 4.47 Å². The molecule has 0 aliphatic rings. The summed E-state index contributed by atoms with van der Waals surface area (Å²) in [6.45, 7) is 1.73. The quantitative estimate of drug-likeness (QED) is 0.817. The lowest BCUT2D eigenvalue weighted by Gasteiger charge is -2.11. The summed E-state index contributed by atoms with van der Waals surface area (Å²) in [5, 5.41) is 9.55. The van der Waals surface area contributed by atoms with E-state index < -0.39 is 6.10 Å². The van der Waals surface area contributed by atoms with Crippen LogP contribution in [0.15, 0.2) is 51.4 Å². The van der Waals surface area contributed by atoms with Gasteiger partial charge in [0.15, 0.2) is 0 Å². The first kappa shape index (κ1) is 13.6. The summed E-state index contributed by atoms with van der Waals surface area (Å²) in [5.74, 6) is 1.48. The third-order valence-electron chi connectivity index (χ3n) is 2.49. The van der Waals surface area contributed by atoms with Gasteiger partial charge in [0.2, 0.25) is 0 Å². The van der Waals surface area contributed by atoms with E-state index in [1.807, 2.05) is 42.5 Å². The molecule has 0 amide bonds. The number of aliphatic hydroxyl groups excluding tert-OH is 1. The largest absolute Gasteiger partial charge is 0.456 e. The Bertz CT molecular complexity index is 553. The summed E-state index contributed by atoms with van der Waals surface area (Å²) in [5.41, 5.74) is 0.842. The number of hydrogen-bond donors (Lipinski definition) is 1. The van der Waals surface area contributed by atoms with Crippen LogP contribution in [0.3, 0.4) is 0 Å². The van der Waals surface area contributed by atoms with Crippen molar-refractivity contribution >= 4 is 31.9 Å². The first-order valence-corrected chi connectivity index (χ1v) is 7.06. The van der Waals surface area contributed by atoms with Gasteiger partial charge < -0.3 is 9.84 Å². The van der Waals surface area contributed by atoms with Crippen molar-refractivity contribution in [2.75, 3.05) is 0 Å². The predicted octanol–water partition coefficient (Wildman–Crippen LogP) is 5.06. The van der Waals surface area contributed by atoms with Crippen LogP contribution < -0.4 is 4.74 Å². The monoisotopic (exact) mass is 370 g/mol. The molecule has 18 heavy (non-hydrogen) atoms. The summed E-state index contributed by atoms with van der Waals surface area (Å²) in [6.07, 6.45) is -0.503. The highest BCUT2D eigenvalue weighted by molar-refractivity contribution is 9.10.